The van der Waals surface area contributed by atoms with Crippen molar-refractivity contribution in [3.8, 4) is 0 Å². The first-order valence-electron chi connectivity index (χ1n) is 6.67. The van der Waals surface area contributed by atoms with Crippen molar-refractivity contribution in [1.29, 1.82) is 0 Å². The van der Waals surface area contributed by atoms with Crippen molar-refractivity contribution < 1.29 is 9.53 Å². The summed E-state index contributed by atoms with van der Waals surface area (Å²) in [6, 6.07) is 0. The third-order valence-electron chi connectivity index (χ3n) is 4.15. The van der Waals surface area contributed by atoms with E-state index in [1.807, 2.05) is 19.2 Å². The summed E-state index contributed by atoms with van der Waals surface area (Å²) < 4.78 is 5.48. The molecule has 0 bridgehead atoms. The van der Waals surface area contributed by atoms with Gasteiger partial charge in [-0.05, 0) is 26.2 Å². The molecule has 2 heterocycles. The van der Waals surface area contributed by atoms with E-state index in [-0.39, 0.29) is 11.4 Å². The van der Waals surface area contributed by atoms with Crippen LogP contribution in [0.5, 0.6) is 0 Å². The Kier molecular flexibility index (Phi) is 2.61. The molecule has 96 valence electrons. The summed E-state index contributed by atoms with van der Waals surface area (Å²) in [4.78, 5) is 21.0. The van der Waals surface area contributed by atoms with Crippen LogP contribution in [-0.4, -0.2) is 23.6 Å². The van der Waals surface area contributed by atoms with E-state index < -0.39 is 5.54 Å². The number of cyclic esters (lactones) is 1. The minimum absolute atomic E-state index is 0.152. The molecular formula is C14H18N2O2. The van der Waals surface area contributed by atoms with Crippen molar-refractivity contribution in [3.63, 3.8) is 0 Å². The first kappa shape index (κ1) is 11.6. The predicted octanol–water partition coefficient (Wildman–Crippen LogP) is 2.64. The lowest BCUT2D eigenvalue weighted by molar-refractivity contribution is -0.140. The Labute approximate surface area is 107 Å². The molecule has 0 aromatic heterocycles. The number of ether oxygens (including phenoxy) is 1. The Balaban J connectivity index is 1.90. The highest BCUT2D eigenvalue weighted by molar-refractivity contribution is 6.08. The van der Waals surface area contributed by atoms with E-state index in [1.165, 1.54) is 6.42 Å². The van der Waals surface area contributed by atoms with E-state index in [0.717, 1.165) is 32.1 Å². The zero-order chi connectivity index (χ0) is 12.6. The van der Waals surface area contributed by atoms with Gasteiger partial charge in [-0.2, -0.15) is 0 Å². The molecule has 1 fully saturated rings. The molecule has 2 aliphatic heterocycles. The van der Waals surface area contributed by atoms with Crippen molar-refractivity contribution in [1.82, 2.24) is 0 Å². The minimum atomic E-state index is -0.578. The van der Waals surface area contributed by atoms with Crippen LogP contribution in [0.2, 0.25) is 0 Å². The van der Waals surface area contributed by atoms with Crippen molar-refractivity contribution >= 4 is 18.1 Å². The number of esters is 1. The molecule has 1 saturated carbocycles. The summed E-state index contributed by atoms with van der Waals surface area (Å²) in [7, 11) is 0. The molecule has 4 heteroatoms. The molecule has 1 aliphatic carbocycles. The summed E-state index contributed by atoms with van der Waals surface area (Å²) in [5.41, 5.74) is -0.934. The SMILES string of the molecule is CC1(C2=NC3(CCCCC3)C(=O)O2)C=NC=CC1. The molecule has 0 amide bonds. The highest BCUT2D eigenvalue weighted by Gasteiger charge is 2.50. The van der Waals surface area contributed by atoms with Crippen LogP contribution in [0.15, 0.2) is 22.3 Å². The summed E-state index contributed by atoms with van der Waals surface area (Å²) in [6.45, 7) is 2.02. The summed E-state index contributed by atoms with van der Waals surface area (Å²) in [5, 5.41) is 0. The van der Waals surface area contributed by atoms with E-state index in [4.69, 9.17) is 4.74 Å². The van der Waals surface area contributed by atoms with Gasteiger partial charge in [0.15, 0.2) is 5.54 Å². The molecule has 3 rings (SSSR count). The topological polar surface area (TPSA) is 51.0 Å². The Morgan fingerprint density at radius 2 is 2.06 bits per heavy atom. The maximum Gasteiger partial charge on any atom is 0.340 e. The standard InChI is InChI=1S/C14H18N2O2/c1-13(6-5-9-15-10-13)11-16-14(12(17)18-11)7-3-2-4-8-14/h5,9-10H,2-4,6-8H2,1H3. The van der Waals surface area contributed by atoms with Gasteiger partial charge in [0.2, 0.25) is 5.90 Å². The van der Waals surface area contributed by atoms with Gasteiger partial charge in [-0.15, -0.1) is 0 Å². The highest BCUT2D eigenvalue weighted by Crippen LogP contribution is 2.40. The van der Waals surface area contributed by atoms with E-state index in [1.54, 1.807) is 6.20 Å². The minimum Gasteiger partial charge on any atom is -0.409 e. The number of nitrogens with zero attached hydrogens (tertiary/aromatic N) is 2. The van der Waals surface area contributed by atoms with Gasteiger partial charge in [-0.3, -0.25) is 4.99 Å². The molecule has 0 radical (unpaired) electrons. The monoisotopic (exact) mass is 246 g/mol. The molecule has 1 spiro atoms. The second kappa shape index (κ2) is 4.04. The lowest BCUT2D eigenvalue weighted by Crippen LogP contribution is -2.36. The zero-order valence-corrected chi connectivity index (χ0v) is 10.7. The maximum atomic E-state index is 12.1. The fourth-order valence-electron chi connectivity index (χ4n) is 2.90. The molecule has 1 atom stereocenters. The van der Waals surface area contributed by atoms with Crippen molar-refractivity contribution in [3.05, 3.63) is 12.3 Å². The number of hydrogen-bond acceptors (Lipinski definition) is 4. The number of carbonyl (C=O) groups is 1. The van der Waals surface area contributed by atoms with E-state index >= 15 is 0 Å². The summed E-state index contributed by atoms with van der Waals surface area (Å²) in [6.07, 6.45) is 11.4. The Morgan fingerprint density at radius 1 is 1.28 bits per heavy atom. The molecule has 3 aliphatic rings. The van der Waals surface area contributed by atoms with Gasteiger partial charge in [-0.25, -0.2) is 9.79 Å². The van der Waals surface area contributed by atoms with Gasteiger partial charge in [-0.1, -0.05) is 25.3 Å². The first-order chi connectivity index (χ1) is 8.65. The highest BCUT2D eigenvalue weighted by atomic mass is 16.6. The van der Waals surface area contributed by atoms with Crippen molar-refractivity contribution in [2.24, 2.45) is 15.4 Å². The Bertz CT molecular complexity index is 458. The van der Waals surface area contributed by atoms with Crippen LogP contribution in [-0.2, 0) is 9.53 Å². The van der Waals surface area contributed by atoms with Crippen molar-refractivity contribution in [2.75, 3.05) is 0 Å². The van der Waals surface area contributed by atoms with Crippen LogP contribution in [0.3, 0.4) is 0 Å². The second-order valence-corrected chi connectivity index (χ2v) is 5.68. The molecule has 18 heavy (non-hydrogen) atoms. The molecule has 4 nitrogen and oxygen atoms in total. The average molecular weight is 246 g/mol. The van der Waals surface area contributed by atoms with E-state index in [2.05, 4.69) is 9.98 Å². The quantitative estimate of drug-likeness (QED) is 0.668. The molecule has 0 N–H and O–H groups in total. The van der Waals surface area contributed by atoms with Gasteiger partial charge in [0.1, 0.15) is 0 Å². The normalized spacial score (nSPS) is 33.6. The Morgan fingerprint density at radius 3 is 2.72 bits per heavy atom. The molecular weight excluding hydrogens is 228 g/mol. The predicted molar refractivity (Wildman–Crippen MR) is 69.7 cm³/mol. The second-order valence-electron chi connectivity index (χ2n) is 5.68. The maximum absolute atomic E-state index is 12.1. The van der Waals surface area contributed by atoms with Gasteiger partial charge < -0.3 is 4.74 Å². The first-order valence-corrected chi connectivity index (χ1v) is 6.67. The van der Waals surface area contributed by atoms with Gasteiger partial charge in [0.05, 0.1) is 5.41 Å². The van der Waals surface area contributed by atoms with Crippen LogP contribution in [0, 0.1) is 5.41 Å². The lowest BCUT2D eigenvalue weighted by atomic mass is 9.82. The molecule has 0 aromatic rings. The number of carbonyl (C=O) groups excluding carboxylic acids is 1. The van der Waals surface area contributed by atoms with Crippen LogP contribution in [0.4, 0.5) is 0 Å². The number of hydrogen-bond donors (Lipinski definition) is 0. The fraction of sp³-hybridized carbons (Fsp3) is 0.643. The van der Waals surface area contributed by atoms with Crippen LogP contribution >= 0.6 is 0 Å². The average Bonchev–Trinajstić information content (AvgIpc) is 2.70. The molecule has 0 aromatic carbocycles. The number of allylic oxidation sites excluding steroid dienone is 1. The van der Waals surface area contributed by atoms with Gasteiger partial charge in [0, 0.05) is 12.4 Å². The van der Waals surface area contributed by atoms with Gasteiger partial charge in [0.25, 0.3) is 0 Å². The molecule has 0 saturated heterocycles. The third-order valence-corrected chi connectivity index (χ3v) is 4.15. The van der Waals surface area contributed by atoms with Gasteiger partial charge >= 0.3 is 5.97 Å². The fourth-order valence-corrected chi connectivity index (χ4v) is 2.90. The smallest absolute Gasteiger partial charge is 0.340 e. The summed E-state index contributed by atoms with van der Waals surface area (Å²) >= 11 is 0. The summed E-state index contributed by atoms with van der Waals surface area (Å²) in [5.74, 6) is 0.406. The van der Waals surface area contributed by atoms with E-state index in [0.29, 0.717) is 5.90 Å². The third kappa shape index (κ3) is 1.71. The Hall–Kier alpha value is -1.45. The largest absolute Gasteiger partial charge is 0.409 e. The van der Waals surface area contributed by atoms with Crippen LogP contribution in [0.1, 0.15) is 45.4 Å². The number of aliphatic imine (C=N–C) groups is 2. The van der Waals surface area contributed by atoms with Crippen molar-refractivity contribution in [2.45, 2.75) is 51.0 Å². The zero-order valence-electron chi connectivity index (χ0n) is 10.7. The number of rotatable bonds is 1. The molecule has 1 unspecified atom stereocenters. The van der Waals surface area contributed by atoms with Crippen LogP contribution < -0.4 is 0 Å². The lowest BCUT2D eigenvalue weighted by Gasteiger charge is -2.26. The van der Waals surface area contributed by atoms with Crippen LogP contribution in [0.25, 0.3) is 0 Å². The van der Waals surface area contributed by atoms with E-state index in [9.17, 15) is 4.79 Å².